The number of hydrogen-bond donors (Lipinski definition) is 2. The number of nitrogens with one attached hydrogen (secondary N) is 2. The van der Waals surface area contributed by atoms with Crippen LogP contribution in [0.15, 0.2) is 91.4 Å². The first-order chi connectivity index (χ1) is 18.5. The van der Waals surface area contributed by atoms with Crippen molar-refractivity contribution in [2.24, 2.45) is 0 Å². The van der Waals surface area contributed by atoms with Crippen LogP contribution in [0.2, 0.25) is 0 Å². The highest BCUT2D eigenvalue weighted by Crippen LogP contribution is 2.24. The topological polar surface area (TPSA) is 90.6 Å². The predicted molar refractivity (Wildman–Crippen MR) is 141 cm³/mol. The highest BCUT2D eigenvalue weighted by atomic mass is 19.1. The Morgan fingerprint density at radius 1 is 0.974 bits per heavy atom. The van der Waals surface area contributed by atoms with E-state index in [1.807, 2.05) is 18.2 Å². The quantitative estimate of drug-likeness (QED) is 0.368. The van der Waals surface area contributed by atoms with Gasteiger partial charge in [0.25, 0.3) is 0 Å². The van der Waals surface area contributed by atoms with E-state index in [4.69, 9.17) is 4.74 Å². The predicted octanol–water partition coefficient (Wildman–Crippen LogP) is 4.24. The summed E-state index contributed by atoms with van der Waals surface area (Å²) in [5.41, 5.74) is 2.45. The third-order valence-corrected chi connectivity index (χ3v) is 6.40. The summed E-state index contributed by atoms with van der Waals surface area (Å²) in [6.45, 7) is 2.23. The molecule has 1 aliphatic heterocycles. The Hall–Kier alpha value is -4.50. The molecule has 2 N–H and O–H groups in total. The molecule has 1 aliphatic rings. The Bertz CT molecular complexity index is 1350. The van der Waals surface area contributed by atoms with Gasteiger partial charge in [-0.05, 0) is 54.1 Å². The van der Waals surface area contributed by atoms with E-state index in [9.17, 15) is 14.0 Å². The maximum absolute atomic E-state index is 13.5. The van der Waals surface area contributed by atoms with Gasteiger partial charge in [0.2, 0.25) is 11.8 Å². The number of carbonyl (C=O) groups is 2. The van der Waals surface area contributed by atoms with Gasteiger partial charge < -0.3 is 19.9 Å². The van der Waals surface area contributed by atoms with E-state index in [2.05, 4.69) is 32.3 Å². The van der Waals surface area contributed by atoms with E-state index < -0.39 is 6.04 Å². The zero-order valence-corrected chi connectivity index (χ0v) is 20.7. The van der Waals surface area contributed by atoms with Gasteiger partial charge in [0.05, 0.1) is 12.7 Å². The smallest absolute Gasteiger partial charge is 0.248 e. The number of aromatic amines is 1. The number of carbonyl (C=O) groups excluding carboxylic acids is 2. The Balaban J connectivity index is 1.27. The number of hydrogen-bond acceptors (Lipinski definition) is 5. The molecular weight excluding hydrogens is 485 g/mol. The van der Waals surface area contributed by atoms with E-state index >= 15 is 0 Å². The summed E-state index contributed by atoms with van der Waals surface area (Å²) in [6, 6.07) is 22.1. The number of imidazole rings is 1. The number of aromatic nitrogens is 2. The van der Waals surface area contributed by atoms with Crippen molar-refractivity contribution < 1.29 is 18.7 Å². The molecule has 1 saturated heterocycles. The molecule has 0 aliphatic carbocycles. The Morgan fingerprint density at radius 3 is 2.37 bits per heavy atom. The molecule has 2 heterocycles. The lowest BCUT2D eigenvalue weighted by molar-refractivity contribution is -0.141. The Morgan fingerprint density at radius 2 is 1.68 bits per heavy atom. The van der Waals surface area contributed by atoms with E-state index in [1.54, 1.807) is 47.5 Å². The van der Waals surface area contributed by atoms with Crippen LogP contribution >= 0.6 is 0 Å². The number of anilines is 1. The van der Waals surface area contributed by atoms with Crippen molar-refractivity contribution in [1.29, 1.82) is 0 Å². The van der Waals surface area contributed by atoms with Gasteiger partial charge in [-0.15, -0.1) is 0 Å². The number of piperazine rings is 1. The molecule has 0 spiro atoms. The minimum atomic E-state index is -0.655. The minimum absolute atomic E-state index is 0.128. The van der Waals surface area contributed by atoms with Crippen molar-refractivity contribution in [3.8, 4) is 11.5 Å². The number of ether oxygens (including phenoxy) is 1. The van der Waals surface area contributed by atoms with Crippen LogP contribution in [0.25, 0.3) is 0 Å². The molecule has 0 saturated carbocycles. The van der Waals surface area contributed by atoms with Crippen LogP contribution in [0.1, 0.15) is 11.3 Å². The summed E-state index contributed by atoms with van der Waals surface area (Å²) in [7, 11) is 0. The molecule has 4 aromatic rings. The van der Waals surface area contributed by atoms with Crippen molar-refractivity contribution in [2.45, 2.75) is 19.0 Å². The van der Waals surface area contributed by atoms with Crippen LogP contribution in [-0.4, -0.2) is 57.3 Å². The molecule has 9 heteroatoms. The van der Waals surface area contributed by atoms with Gasteiger partial charge in [0.1, 0.15) is 23.4 Å². The van der Waals surface area contributed by atoms with Crippen LogP contribution in [0.4, 0.5) is 10.1 Å². The number of amides is 2. The molecule has 3 aromatic carbocycles. The van der Waals surface area contributed by atoms with Crippen molar-refractivity contribution in [3.05, 3.63) is 108 Å². The molecule has 1 unspecified atom stereocenters. The Kier molecular flexibility index (Phi) is 7.75. The van der Waals surface area contributed by atoms with E-state index in [0.29, 0.717) is 49.1 Å². The van der Waals surface area contributed by atoms with Gasteiger partial charge >= 0.3 is 0 Å². The second kappa shape index (κ2) is 11.7. The van der Waals surface area contributed by atoms with Gasteiger partial charge in [-0.2, -0.15) is 0 Å². The molecule has 38 heavy (non-hydrogen) atoms. The molecule has 0 radical (unpaired) electrons. The highest BCUT2D eigenvalue weighted by molar-refractivity contribution is 5.97. The van der Waals surface area contributed by atoms with Gasteiger partial charge in [0.15, 0.2) is 0 Å². The highest BCUT2D eigenvalue weighted by Gasteiger charge is 2.35. The lowest BCUT2D eigenvalue weighted by Gasteiger charge is -2.40. The average Bonchev–Trinajstić information content (AvgIpc) is 3.44. The fourth-order valence-electron chi connectivity index (χ4n) is 4.46. The standard InChI is InChI=1S/C29H28FN5O3/c30-22-6-10-25(11-7-22)38-26-12-8-23(9-13-26)33-29(37)27-19-34(18-21-4-2-1-3-5-21)14-15-35(27)28(36)16-24-17-31-20-32-24/h1-13,17,20,27H,14-16,18-19H2,(H,31,32)(H,33,37). The fourth-order valence-corrected chi connectivity index (χ4v) is 4.46. The van der Waals surface area contributed by atoms with Crippen molar-refractivity contribution in [1.82, 2.24) is 19.8 Å². The number of nitrogens with zero attached hydrogens (tertiary/aromatic N) is 3. The zero-order valence-electron chi connectivity index (χ0n) is 20.7. The van der Waals surface area contributed by atoms with Gasteiger partial charge in [-0.3, -0.25) is 14.5 Å². The van der Waals surface area contributed by atoms with Crippen LogP contribution in [0.5, 0.6) is 11.5 Å². The number of rotatable bonds is 8. The van der Waals surface area contributed by atoms with Crippen molar-refractivity contribution >= 4 is 17.5 Å². The lowest BCUT2D eigenvalue weighted by Crippen LogP contribution is -2.59. The molecule has 1 aromatic heterocycles. The molecular formula is C29H28FN5O3. The molecule has 2 amide bonds. The maximum atomic E-state index is 13.5. The third-order valence-electron chi connectivity index (χ3n) is 6.40. The molecule has 8 nitrogen and oxygen atoms in total. The summed E-state index contributed by atoms with van der Waals surface area (Å²) >= 11 is 0. The van der Waals surface area contributed by atoms with Gasteiger partial charge in [-0.25, -0.2) is 9.37 Å². The first kappa shape index (κ1) is 25.2. The maximum Gasteiger partial charge on any atom is 0.248 e. The van der Waals surface area contributed by atoms with Crippen molar-refractivity contribution in [3.63, 3.8) is 0 Å². The SMILES string of the molecule is O=C(Nc1ccc(Oc2ccc(F)cc2)cc1)C1CN(Cc2ccccc2)CCN1C(=O)Cc1cnc[nH]1. The first-order valence-electron chi connectivity index (χ1n) is 12.4. The summed E-state index contributed by atoms with van der Waals surface area (Å²) in [6.07, 6.45) is 3.31. The van der Waals surface area contributed by atoms with E-state index in [0.717, 1.165) is 5.56 Å². The summed E-state index contributed by atoms with van der Waals surface area (Å²) < 4.78 is 18.9. The Labute approximate surface area is 220 Å². The van der Waals surface area contributed by atoms with Crippen molar-refractivity contribution in [2.75, 3.05) is 25.0 Å². The third kappa shape index (κ3) is 6.43. The molecule has 0 bridgehead atoms. The summed E-state index contributed by atoms with van der Waals surface area (Å²) in [5.74, 6) is 0.343. The second-order valence-corrected chi connectivity index (χ2v) is 9.15. The second-order valence-electron chi connectivity index (χ2n) is 9.15. The largest absolute Gasteiger partial charge is 0.457 e. The lowest BCUT2D eigenvalue weighted by atomic mass is 10.1. The average molecular weight is 514 g/mol. The molecule has 1 fully saturated rings. The number of halogens is 1. The first-order valence-corrected chi connectivity index (χ1v) is 12.4. The summed E-state index contributed by atoms with van der Waals surface area (Å²) in [4.78, 5) is 37.4. The van der Waals surface area contributed by atoms with Crippen LogP contribution in [0, 0.1) is 5.82 Å². The molecule has 194 valence electrons. The summed E-state index contributed by atoms with van der Waals surface area (Å²) in [5, 5.41) is 2.95. The molecule has 5 rings (SSSR count). The minimum Gasteiger partial charge on any atom is -0.457 e. The van der Waals surface area contributed by atoms with E-state index in [1.165, 1.54) is 18.5 Å². The van der Waals surface area contributed by atoms with Crippen LogP contribution in [-0.2, 0) is 22.6 Å². The van der Waals surface area contributed by atoms with Gasteiger partial charge in [-0.1, -0.05) is 30.3 Å². The number of H-pyrrole nitrogens is 1. The van der Waals surface area contributed by atoms with E-state index in [-0.39, 0.29) is 24.1 Å². The van der Waals surface area contributed by atoms with Gasteiger partial charge in [0, 0.05) is 43.8 Å². The molecule has 1 atom stereocenters. The van der Waals surface area contributed by atoms with Crippen LogP contribution < -0.4 is 10.1 Å². The number of benzene rings is 3. The normalized spacial score (nSPS) is 15.7. The van der Waals surface area contributed by atoms with Crippen LogP contribution in [0.3, 0.4) is 0 Å². The monoisotopic (exact) mass is 513 g/mol. The fraction of sp³-hybridized carbons (Fsp3) is 0.207. The zero-order chi connectivity index (χ0) is 26.3.